The number of aryl methyl sites for hydroxylation is 1. The Bertz CT molecular complexity index is 524. The molecule has 0 saturated carbocycles. The third kappa shape index (κ3) is 3.99. The van der Waals surface area contributed by atoms with Crippen molar-refractivity contribution < 1.29 is 13.9 Å². The minimum Gasteiger partial charge on any atom is -0.396 e. The van der Waals surface area contributed by atoms with Gasteiger partial charge in [0.1, 0.15) is 17.3 Å². The van der Waals surface area contributed by atoms with E-state index in [1.165, 1.54) is 12.1 Å². The highest BCUT2D eigenvalue weighted by molar-refractivity contribution is 5.43. The van der Waals surface area contributed by atoms with E-state index in [0.29, 0.717) is 30.9 Å². The van der Waals surface area contributed by atoms with Crippen molar-refractivity contribution in [1.29, 1.82) is 0 Å². The fraction of sp³-hybridized carbons (Fsp3) is 0.333. The van der Waals surface area contributed by atoms with Gasteiger partial charge in [-0.25, -0.2) is 8.78 Å². The molecule has 0 bridgehead atoms. The van der Waals surface area contributed by atoms with E-state index in [1.807, 2.05) is 0 Å². The standard InChI is InChI=1S/C12H14F2N4O/c13-9-4-10(14)6-11(5-9)15-7-12-8-18(17-16-12)2-1-3-19/h4-6,8,15,19H,1-3,7H2. The second-order valence-electron chi connectivity index (χ2n) is 4.06. The average Bonchev–Trinajstić information content (AvgIpc) is 2.81. The maximum Gasteiger partial charge on any atom is 0.128 e. The Morgan fingerprint density at radius 1 is 1.21 bits per heavy atom. The van der Waals surface area contributed by atoms with Gasteiger partial charge in [0.15, 0.2) is 0 Å². The Kier molecular flexibility index (Phi) is 4.40. The van der Waals surface area contributed by atoms with Crippen molar-refractivity contribution in [2.75, 3.05) is 11.9 Å². The molecule has 1 aromatic carbocycles. The molecule has 0 aliphatic carbocycles. The van der Waals surface area contributed by atoms with Crippen LogP contribution in [0.5, 0.6) is 0 Å². The molecule has 0 spiro atoms. The summed E-state index contributed by atoms with van der Waals surface area (Å²) in [5.74, 6) is -1.26. The zero-order valence-electron chi connectivity index (χ0n) is 10.2. The van der Waals surface area contributed by atoms with E-state index >= 15 is 0 Å². The zero-order chi connectivity index (χ0) is 13.7. The van der Waals surface area contributed by atoms with E-state index in [2.05, 4.69) is 15.6 Å². The van der Waals surface area contributed by atoms with Crippen LogP contribution in [0.3, 0.4) is 0 Å². The van der Waals surface area contributed by atoms with Crippen molar-refractivity contribution in [2.24, 2.45) is 0 Å². The molecule has 0 saturated heterocycles. The van der Waals surface area contributed by atoms with E-state index in [1.54, 1.807) is 10.9 Å². The van der Waals surface area contributed by atoms with Gasteiger partial charge in [0, 0.05) is 24.9 Å². The molecular formula is C12H14F2N4O. The predicted molar refractivity (Wildman–Crippen MR) is 65.4 cm³/mol. The number of halogens is 2. The van der Waals surface area contributed by atoms with Gasteiger partial charge in [-0.3, -0.25) is 4.68 Å². The molecule has 0 radical (unpaired) electrons. The summed E-state index contributed by atoms with van der Waals surface area (Å²) in [7, 11) is 0. The molecule has 0 fully saturated rings. The second kappa shape index (κ2) is 6.24. The molecule has 0 aliphatic rings. The third-order valence-electron chi connectivity index (χ3n) is 2.47. The third-order valence-corrected chi connectivity index (χ3v) is 2.47. The maximum absolute atomic E-state index is 13.0. The number of hydrogen-bond acceptors (Lipinski definition) is 4. The highest BCUT2D eigenvalue weighted by Crippen LogP contribution is 2.13. The molecule has 1 heterocycles. The summed E-state index contributed by atoms with van der Waals surface area (Å²) in [5.41, 5.74) is 1.00. The molecule has 5 nitrogen and oxygen atoms in total. The average molecular weight is 268 g/mol. The first-order chi connectivity index (χ1) is 9.17. The van der Waals surface area contributed by atoms with E-state index in [9.17, 15) is 8.78 Å². The minimum absolute atomic E-state index is 0.0933. The normalized spacial score (nSPS) is 10.7. The lowest BCUT2D eigenvalue weighted by molar-refractivity contribution is 0.276. The number of hydrogen-bond donors (Lipinski definition) is 2. The molecule has 0 amide bonds. The number of nitrogens with zero attached hydrogens (tertiary/aromatic N) is 3. The zero-order valence-corrected chi connectivity index (χ0v) is 10.2. The van der Waals surface area contributed by atoms with Crippen molar-refractivity contribution >= 4 is 5.69 Å². The largest absolute Gasteiger partial charge is 0.396 e. The molecule has 7 heteroatoms. The fourth-order valence-electron chi connectivity index (χ4n) is 1.61. The van der Waals surface area contributed by atoms with Gasteiger partial charge in [-0.15, -0.1) is 5.10 Å². The molecule has 102 valence electrons. The first-order valence-electron chi connectivity index (χ1n) is 5.87. The predicted octanol–water partition coefficient (Wildman–Crippen LogP) is 1.55. The first kappa shape index (κ1) is 13.4. The monoisotopic (exact) mass is 268 g/mol. The fourth-order valence-corrected chi connectivity index (χ4v) is 1.61. The van der Waals surface area contributed by atoms with E-state index in [0.717, 1.165) is 6.07 Å². The topological polar surface area (TPSA) is 63.0 Å². The van der Waals surface area contributed by atoms with Gasteiger partial charge in [0.05, 0.1) is 12.7 Å². The van der Waals surface area contributed by atoms with Gasteiger partial charge in [-0.1, -0.05) is 5.21 Å². The first-order valence-corrected chi connectivity index (χ1v) is 5.87. The smallest absolute Gasteiger partial charge is 0.128 e. The van der Waals surface area contributed by atoms with Crippen LogP contribution in [0.1, 0.15) is 12.1 Å². The second-order valence-corrected chi connectivity index (χ2v) is 4.06. The molecular weight excluding hydrogens is 254 g/mol. The van der Waals surface area contributed by atoms with Crippen LogP contribution in [0.4, 0.5) is 14.5 Å². The Hall–Kier alpha value is -2.02. The Labute approximate surface area is 108 Å². The van der Waals surface area contributed by atoms with Crippen LogP contribution in [-0.4, -0.2) is 26.7 Å². The van der Waals surface area contributed by atoms with Crippen molar-refractivity contribution in [2.45, 2.75) is 19.5 Å². The number of aliphatic hydroxyl groups is 1. The summed E-state index contributed by atoms with van der Waals surface area (Å²) in [6.07, 6.45) is 2.32. The van der Waals surface area contributed by atoms with Crippen molar-refractivity contribution in [3.8, 4) is 0 Å². The number of nitrogens with one attached hydrogen (secondary N) is 1. The van der Waals surface area contributed by atoms with Crippen molar-refractivity contribution in [3.63, 3.8) is 0 Å². The summed E-state index contributed by atoms with van der Waals surface area (Å²) in [5, 5.41) is 19.3. The van der Waals surface area contributed by atoms with Gasteiger partial charge in [0.2, 0.25) is 0 Å². The van der Waals surface area contributed by atoms with Gasteiger partial charge in [-0.2, -0.15) is 0 Å². The molecule has 2 aromatic rings. The summed E-state index contributed by atoms with van der Waals surface area (Å²) in [4.78, 5) is 0. The van der Waals surface area contributed by atoms with Gasteiger partial charge in [0.25, 0.3) is 0 Å². The van der Waals surface area contributed by atoms with Crippen molar-refractivity contribution in [1.82, 2.24) is 15.0 Å². The lowest BCUT2D eigenvalue weighted by atomic mass is 10.3. The van der Waals surface area contributed by atoms with Crippen LogP contribution >= 0.6 is 0 Å². The quantitative estimate of drug-likeness (QED) is 0.834. The van der Waals surface area contributed by atoms with Crippen LogP contribution in [0.15, 0.2) is 24.4 Å². The van der Waals surface area contributed by atoms with Crippen LogP contribution in [0.25, 0.3) is 0 Å². The highest BCUT2D eigenvalue weighted by Gasteiger charge is 2.03. The van der Waals surface area contributed by atoms with E-state index < -0.39 is 11.6 Å². The summed E-state index contributed by atoms with van der Waals surface area (Å²) in [6, 6.07) is 3.23. The number of aromatic nitrogens is 3. The number of aliphatic hydroxyl groups excluding tert-OH is 1. The molecule has 2 N–H and O–H groups in total. The summed E-state index contributed by atoms with van der Waals surface area (Å²) < 4.78 is 27.5. The molecule has 0 unspecified atom stereocenters. The van der Waals surface area contributed by atoms with Gasteiger partial charge in [-0.05, 0) is 18.6 Å². The van der Waals surface area contributed by atoms with Crippen LogP contribution < -0.4 is 5.32 Å². The molecule has 0 aliphatic heterocycles. The number of benzene rings is 1. The number of anilines is 1. The van der Waals surface area contributed by atoms with Crippen molar-refractivity contribution in [3.05, 3.63) is 41.7 Å². The molecule has 19 heavy (non-hydrogen) atoms. The molecule has 1 aromatic heterocycles. The van der Waals surface area contributed by atoms with Gasteiger partial charge < -0.3 is 10.4 Å². The SMILES string of the molecule is OCCCn1cc(CNc2cc(F)cc(F)c2)nn1. The lowest BCUT2D eigenvalue weighted by Gasteiger charge is -2.04. The van der Waals surface area contributed by atoms with Crippen LogP contribution in [0.2, 0.25) is 0 Å². The maximum atomic E-state index is 13.0. The lowest BCUT2D eigenvalue weighted by Crippen LogP contribution is -2.01. The summed E-state index contributed by atoms with van der Waals surface area (Å²) >= 11 is 0. The van der Waals surface area contributed by atoms with Crippen LogP contribution in [-0.2, 0) is 13.1 Å². The summed E-state index contributed by atoms with van der Waals surface area (Å²) in [6.45, 7) is 0.996. The van der Waals surface area contributed by atoms with Gasteiger partial charge >= 0.3 is 0 Å². The Morgan fingerprint density at radius 2 is 1.95 bits per heavy atom. The number of rotatable bonds is 6. The van der Waals surface area contributed by atoms with E-state index in [-0.39, 0.29) is 6.61 Å². The van der Waals surface area contributed by atoms with E-state index in [4.69, 9.17) is 5.11 Å². The Balaban J connectivity index is 1.92. The minimum atomic E-state index is -0.630. The Morgan fingerprint density at radius 3 is 2.63 bits per heavy atom. The molecule has 0 atom stereocenters. The molecule has 2 rings (SSSR count). The van der Waals surface area contributed by atoms with Crippen LogP contribution in [0, 0.1) is 11.6 Å². The highest BCUT2D eigenvalue weighted by atomic mass is 19.1.